The number of hydrogen-bond acceptors (Lipinski definition) is 7. The maximum absolute atomic E-state index is 9.24. The van der Waals surface area contributed by atoms with Gasteiger partial charge in [0.05, 0.1) is 13.2 Å². The van der Waals surface area contributed by atoms with Crippen molar-refractivity contribution in [1.29, 1.82) is 0 Å². The number of anilines is 3. The summed E-state index contributed by atoms with van der Waals surface area (Å²) < 4.78 is 0. The molecule has 112 valence electrons. The van der Waals surface area contributed by atoms with E-state index in [1.54, 1.807) is 4.90 Å². The molecule has 0 aliphatic carbocycles. The normalized spacial score (nSPS) is 10.4. The number of para-hydroxylation sites is 1. The van der Waals surface area contributed by atoms with E-state index in [1.807, 2.05) is 30.3 Å². The average molecular weight is 310 g/mol. The summed E-state index contributed by atoms with van der Waals surface area (Å²) in [5.41, 5.74) is 0.835. The molecule has 0 radical (unpaired) electrons. The fraction of sp³-hybridized carbons (Fsp3) is 0.308. The van der Waals surface area contributed by atoms with Crippen LogP contribution in [0.3, 0.4) is 0 Å². The van der Waals surface area contributed by atoms with Gasteiger partial charge < -0.3 is 20.4 Å². The Labute approximate surface area is 127 Å². The molecule has 0 saturated carbocycles. The molecular formula is C13H16ClN5O2. The SMILES string of the molecule is OCCNc1nc(Cl)nc(N(CCO)c2ccccc2)n1. The van der Waals surface area contributed by atoms with E-state index in [0.717, 1.165) is 5.69 Å². The molecular weight excluding hydrogens is 294 g/mol. The number of rotatable bonds is 7. The quantitative estimate of drug-likeness (QED) is 0.704. The highest BCUT2D eigenvalue weighted by atomic mass is 35.5. The molecule has 0 fully saturated rings. The predicted octanol–water partition coefficient (Wildman–Crippen LogP) is 1.06. The van der Waals surface area contributed by atoms with Crippen LogP contribution in [0.4, 0.5) is 17.6 Å². The van der Waals surface area contributed by atoms with Crippen molar-refractivity contribution in [3.05, 3.63) is 35.6 Å². The first-order valence-corrected chi connectivity index (χ1v) is 6.82. The second-order valence-electron chi connectivity index (χ2n) is 4.09. The van der Waals surface area contributed by atoms with Gasteiger partial charge in [0.2, 0.25) is 17.2 Å². The fourth-order valence-corrected chi connectivity index (χ4v) is 1.92. The van der Waals surface area contributed by atoms with Crippen LogP contribution in [0.15, 0.2) is 30.3 Å². The molecule has 8 heteroatoms. The minimum atomic E-state index is -0.0579. The van der Waals surface area contributed by atoms with E-state index in [9.17, 15) is 5.11 Å². The van der Waals surface area contributed by atoms with Crippen molar-refractivity contribution in [1.82, 2.24) is 15.0 Å². The van der Waals surface area contributed by atoms with Crippen LogP contribution in [-0.4, -0.2) is 51.5 Å². The second kappa shape index (κ2) is 7.72. The minimum Gasteiger partial charge on any atom is -0.395 e. The summed E-state index contributed by atoms with van der Waals surface area (Å²) in [6.45, 7) is 0.532. The molecule has 1 aromatic carbocycles. The number of aliphatic hydroxyl groups is 2. The topological polar surface area (TPSA) is 94.4 Å². The zero-order valence-corrected chi connectivity index (χ0v) is 12.0. The molecule has 3 N–H and O–H groups in total. The molecule has 21 heavy (non-hydrogen) atoms. The molecule has 7 nitrogen and oxygen atoms in total. The van der Waals surface area contributed by atoms with Gasteiger partial charge in [0.1, 0.15) is 0 Å². The van der Waals surface area contributed by atoms with E-state index >= 15 is 0 Å². The Kier molecular flexibility index (Phi) is 5.68. The molecule has 0 bridgehead atoms. The van der Waals surface area contributed by atoms with Crippen LogP contribution in [-0.2, 0) is 0 Å². The van der Waals surface area contributed by atoms with Crippen molar-refractivity contribution in [2.75, 3.05) is 36.5 Å². The van der Waals surface area contributed by atoms with Gasteiger partial charge >= 0.3 is 0 Å². The van der Waals surface area contributed by atoms with Gasteiger partial charge in [-0.05, 0) is 23.7 Å². The molecule has 2 rings (SSSR count). The van der Waals surface area contributed by atoms with Crippen molar-refractivity contribution in [3.8, 4) is 0 Å². The monoisotopic (exact) mass is 309 g/mol. The second-order valence-corrected chi connectivity index (χ2v) is 4.43. The lowest BCUT2D eigenvalue weighted by Crippen LogP contribution is -2.24. The lowest BCUT2D eigenvalue weighted by Gasteiger charge is -2.22. The fourth-order valence-electron chi connectivity index (χ4n) is 1.76. The van der Waals surface area contributed by atoms with Gasteiger partial charge in [-0.15, -0.1) is 0 Å². The van der Waals surface area contributed by atoms with Crippen molar-refractivity contribution in [3.63, 3.8) is 0 Å². The summed E-state index contributed by atoms with van der Waals surface area (Å²) in [6, 6.07) is 9.43. The minimum absolute atomic E-state index is 0.0410. The van der Waals surface area contributed by atoms with Crippen LogP contribution >= 0.6 is 11.6 Å². The first-order chi connectivity index (χ1) is 10.2. The van der Waals surface area contributed by atoms with Crippen molar-refractivity contribution in [2.45, 2.75) is 0 Å². The lowest BCUT2D eigenvalue weighted by atomic mass is 10.3. The zero-order valence-electron chi connectivity index (χ0n) is 11.3. The summed E-state index contributed by atoms with van der Waals surface area (Å²) in [5, 5.41) is 21.0. The predicted molar refractivity (Wildman–Crippen MR) is 80.9 cm³/mol. The molecule has 0 unspecified atom stereocenters. The summed E-state index contributed by atoms with van der Waals surface area (Å²) in [4.78, 5) is 14.0. The molecule has 0 spiro atoms. The van der Waals surface area contributed by atoms with E-state index in [-0.39, 0.29) is 24.4 Å². The number of halogens is 1. The Morgan fingerprint density at radius 2 is 1.81 bits per heavy atom. The average Bonchev–Trinajstić information content (AvgIpc) is 2.51. The van der Waals surface area contributed by atoms with E-state index in [0.29, 0.717) is 19.0 Å². The highest BCUT2D eigenvalue weighted by Crippen LogP contribution is 2.23. The van der Waals surface area contributed by atoms with Crippen LogP contribution in [0.2, 0.25) is 5.28 Å². The first kappa shape index (κ1) is 15.4. The standard InChI is InChI=1S/C13H16ClN5O2/c14-11-16-12(15-6-8-20)18-13(17-11)19(7-9-21)10-4-2-1-3-5-10/h1-5,20-21H,6-9H2,(H,15,16,17,18). The van der Waals surface area contributed by atoms with Gasteiger partial charge in [0.15, 0.2) is 0 Å². The van der Waals surface area contributed by atoms with Crippen molar-refractivity contribution < 1.29 is 10.2 Å². The molecule has 0 aliphatic rings. The maximum Gasteiger partial charge on any atom is 0.236 e. The zero-order chi connectivity index (χ0) is 15.1. The highest BCUT2D eigenvalue weighted by Gasteiger charge is 2.14. The van der Waals surface area contributed by atoms with Crippen LogP contribution in [0.5, 0.6) is 0 Å². The van der Waals surface area contributed by atoms with E-state index in [2.05, 4.69) is 20.3 Å². The Morgan fingerprint density at radius 3 is 2.48 bits per heavy atom. The lowest BCUT2D eigenvalue weighted by molar-refractivity contribution is 0.305. The van der Waals surface area contributed by atoms with Crippen LogP contribution in [0.25, 0.3) is 0 Å². The Bertz CT molecular complexity index is 570. The first-order valence-electron chi connectivity index (χ1n) is 6.44. The number of benzene rings is 1. The van der Waals surface area contributed by atoms with Gasteiger partial charge in [-0.25, -0.2) is 0 Å². The summed E-state index contributed by atoms with van der Waals surface area (Å²) >= 11 is 5.91. The third kappa shape index (κ3) is 4.25. The van der Waals surface area contributed by atoms with E-state index in [1.165, 1.54) is 0 Å². The number of aliphatic hydroxyl groups excluding tert-OH is 2. The van der Waals surface area contributed by atoms with Gasteiger partial charge in [-0.1, -0.05) is 18.2 Å². The molecule has 0 aliphatic heterocycles. The van der Waals surface area contributed by atoms with Gasteiger partial charge in [-0.3, -0.25) is 0 Å². The third-order valence-corrected chi connectivity index (χ3v) is 2.79. The molecule has 0 amide bonds. The number of aromatic nitrogens is 3. The van der Waals surface area contributed by atoms with Gasteiger partial charge in [0.25, 0.3) is 0 Å². The third-order valence-electron chi connectivity index (χ3n) is 2.62. The van der Waals surface area contributed by atoms with Crippen molar-refractivity contribution in [2.24, 2.45) is 0 Å². The highest BCUT2D eigenvalue weighted by molar-refractivity contribution is 6.28. The largest absolute Gasteiger partial charge is 0.395 e. The molecule has 1 heterocycles. The van der Waals surface area contributed by atoms with Gasteiger partial charge in [-0.2, -0.15) is 15.0 Å². The summed E-state index contributed by atoms with van der Waals surface area (Å²) in [6.07, 6.45) is 0. The molecule has 1 aromatic heterocycles. The van der Waals surface area contributed by atoms with Crippen LogP contribution in [0, 0.1) is 0 Å². The van der Waals surface area contributed by atoms with E-state index < -0.39 is 0 Å². The summed E-state index contributed by atoms with van der Waals surface area (Å²) in [7, 11) is 0. The molecule has 2 aromatic rings. The van der Waals surface area contributed by atoms with Crippen molar-refractivity contribution >= 4 is 29.2 Å². The molecule has 0 saturated heterocycles. The Morgan fingerprint density at radius 1 is 1.05 bits per heavy atom. The smallest absolute Gasteiger partial charge is 0.236 e. The number of nitrogens with one attached hydrogen (secondary N) is 1. The number of hydrogen-bond donors (Lipinski definition) is 3. The maximum atomic E-state index is 9.24. The molecule has 0 atom stereocenters. The Balaban J connectivity index is 2.33. The van der Waals surface area contributed by atoms with Gasteiger partial charge in [0, 0.05) is 18.8 Å². The van der Waals surface area contributed by atoms with Crippen LogP contribution < -0.4 is 10.2 Å². The Hall–Kier alpha value is -1.96. The van der Waals surface area contributed by atoms with E-state index in [4.69, 9.17) is 16.7 Å². The summed E-state index contributed by atoms with van der Waals surface area (Å²) in [5.74, 6) is 0.605. The number of nitrogens with zero attached hydrogens (tertiary/aromatic N) is 4. The van der Waals surface area contributed by atoms with Crippen LogP contribution in [0.1, 0.15) is 0 Å².